The third-order valence-corrected chi connectivity index (χ3v) is 2.06. The normalized spacial score (nSPS) is 22.2. The minimum Gasteiger partial charge on any atom is -0.431 e. The molecule has 0 saturated carbocycles. The highest BCUT2D eigenvalue weighted by molar-refractivity contribution is 5.80. The molecule has 2 atom stereocenters. The van der Waals surface area contributed by atoms with E-state index >= 15 is 0 Å². The maximum absolute atomic E-state index is 11.1. The molecule has 0 aromatic carbocycles. The zero-order valence-corrected chi connectivity index (χ0v) is 7.53. The van der Waals surface area contributed by atoms with Gasteiger partial charge in [-0.3, -0.25) is 4.79 Å². The lowest BCUT2D eigenvalue weighted by atomic mass is 10.0. The Kier molecular flexibility index (Phi) is 3.29. The average Bonchev–Trinajstić information content (AvgIpc) is 2.50. The van der Waals surface area contributed by atoms with Gasteiger partial charge in [0, 0.05) is 18.9 Å². The number of nitrogens with zero attached hydrogens (tertiary/aromatic N) is 1. The molecule has 0 bridgehead atoms. The maximum Gasteiger partial charge on any atom is 0.405 e. The van der Waals surface area contributed by atoms with Crippen LogP contribution in [-0.2, 0) is 9.53 Å². The van der Waals surface area contributed by atoms with Crippen molar-refractivity contribution in [3.05, 3.63) is 0 Å². The van der Waals surface area contributed by atoms with Crippen LogP contribution in [0.15, 0.2) is 0 Å². The van der Waals surface area contributed by atoms with Gasteiger partial charge in [-0.25, -0.2) is 4.79 Å². The first-order valence-corrected chi connectivity index (χ1v) is 4.27. The van der Waals surface area contributed by atoms with Gasteiger partial charge in [0.05, 0.1) is 0 Å². The summed E-state index contributed by atoms with van der Waals surface area (Å²) in [4.78, 5) is 21.5. The van der Waals surface area contributed by atoms with Crippen LogP contribution in [0.25, 0.3) is 0 Å². The molecule has 0 aromatic rings. The summed E-state index contributed by atoms with van der Waals surface area (Å²) >= 11 is 0. The summed E-state index contributed by atoms with van der Waals surface area (Å²) in [5, 5.41) is 11.2. The van der Waals surface area contributed by atoms with Crippen molar-refractivity contribution in [3.8, 4) is 6.07 Å². The molecule has 6 heteroatoms. The summed E-state index contributed by atoms with van der Waals surface area (Å²) in [6.45, 7) is 0.609. The average molecular weight is 197 g/mol. The molecule has 0 spiro atoms. The van der Waals surface area contributed by atoms with Crippen LogP contribution >= 0.6 is 0 Å². The van der Waals surface area contributed by atoms with Gasteiger partial charge in [-0.2, -0.15) is 5.26 Å². The quantitative estimate of drug-likeness (QED) is 0.636. The summed E-state index contributed by atoms with van der Waals surface area (Å²) in [5.41, 5.74) is 4.77. The van der Waals surface area contributed by atoms with E-state index in [1.807, 2.05) is 0 Å². The zero-order valence-electron chi connectivity index (χ0n) is 7.53. The largest absolute Gasteiger partial charge is 0.431 e. The molecule has 1 rings (SSSR count). The van der Waals surface area contributed by atoms with Crippen molar-refractivity contribution in [3.63, 3.8) is 0 Å². The van der Waals surface area contributed by atoms with E-state index in [0.29, 0.717) is 13.0 Å². The molecule has 0 unspecified atom stereocenters. The van der Waals surface area contributed by atoms with Crippen molar-refractivity contribution in [1.82, 2.24) is 5.32 Å². The number of carbonyl (C=O) groups excluding carboxylic acids is 2. The Hall–Kier alpha value is -1.77. The predicted molar refractivity (Wildman–Crippen MR) is 45.8 cm³/mol. The van der Waals surface area contributed by atoms with Crippen molar-refractivity contribution in [2.24, 2.45) is 11.7 Å². The lowest BCUT2D eigenvalue weighted by Gasteiger charge is -2.11. The number of carbonyl (C=O) groups is 2. The Morgan fingerprint density at radius 1 is 1.86 bits per heavy atom. The number of nitrogens with one attached hydrogen (secondary N) is 1. The molecular formula is C8H11N3O3. The van der Waals surface area contributed by atoms with Gasteiger partial charge in [0.25, 0.3) is 0 Å². The molecule has 1 fully saturated rings. The molecule has 1 aliphatic rings. The number of hydrogen-bond acceptors (Lipinski definition) is 4. The Bertz CT molecular complexity index is 284. The van der Waals surface area contributed by atoms with Crippen LogP contribution in [0.4, 0.5) is 4.79 Å². The molecular weight excluding hydrogens is 186 g/mol. The molecule has 0 radical (unpaired) electrons. The highest BCUT2D eigenvalue weighted by Gasteiger charge is 2.28. The highest BCUT2D eigenvalue weighted by Crippen LogP contribution is 2.17. The summed E-state index contributed by atoms with van der Waals surface area (Å²) in [7, 11) is 0. The number of rotatable bonds is 3. The van der Waals surface area contributed by atoms with E-state index in [2.05, 4.69) is 10.1 Å². The Morgan fingerprint density at radius 2 is 2.57 bits per heavy atom. The predicted octanol–water partition coefficient (Wildman–Crippen LogP) is -0.500. The van der Waals surface area contributed by atoms with Crippen LogP contribution in [0.5, 0.6) is 0 Å². The molecule has 2 amide bonds. The van der Waals surface area contributed by atoms with E-state index in [0.717, 1.165) is 0 Å². The first-order chi connectivity index (χ1) is 6.63. The second kappa shape index (κ2) is 4.46. The van der Waals surface area contributed by atoms with Gasteiger partial charge in [-0.15, -0.1) is 0 Å². The van der Waals surface area contributed by atoms with E-state index in [1.165, 1.54) is 0 Å². The first kappa shape index (κ1) is 10.3. The van der Waals surface area contributed by atoms with Gasteiger partial charge >= 0.3 is 6.09 Å². The van der Waals surface area contributed by atoms with Crippen LogP contribution in [0.2, 0.25) is 0 Å². The fourth-order valence-electron chi connectivity index (χ4n) is 1.40. The van der Waals surface area contributed by atoms with Gasteiger partial charge in [-0.05, 0) is 6.42 Å². The van der Waals surface area contributed by atoms with Crippen LogP contribution in [-0.4, -0.2) is 24.6 Å². The smallest absolute Gasteiger partial charge is 0.405 e. The second-order valence-electron chi connectivity index (χ2n) is 3.07. The minimum absolute atomic E-state index is 0.0988. The monoisotopic (exact) mass is 197 g/mol. The molecule has 1 aliphatic heterocycles. The van der Waals surface area contributed by atoms with Gasteiger partial charge in [-0.1, -0.05) is 0 Å². The molecule has 6 nitrogen and oxygen atoms in total. The van der Waals surface area contributed by atoms with Gasteiger partial charge in [0.15, 0.2) is 6.10 Å². The summed E-state index contributed by atoms with van der Waals surface area (Å²) in [6.07, 6.45) is -1.04. The zero-order chi connectivity index (χ0) is 10.6. The fraction of sp³-hybridized carbons (Fsp3) is 0.625. The summed E-state index contributed by atoms with van der Waals surface area (Å²) < 4.78 is 4.51. The molecule has 3 N–H and O–H groups in total. The van der Waals surface area contributed by atoms with E-state index in [9.17, 15) is 9.59 Å². The van der Waals surface area contributed by atoms with Crippen molar-refractivity contribution < 1.29 is 14.3 Å². The molecule has 1 saturated heterocycles. The number of ether oxygens (including phenoxy) is 1. The second-order valence-corrected chi connectivity index (χ2v) is 3.07. The fourth-order valence-corrected chi connectivity index (χ4v) is 1.40. The van der Waals surface area contributed by atoms with Crippen molar-refractivity contribution in [2.75, 3.05) is 6.54 Å². The van der Waals surface area contributed by atoms with Crippen LogP contribution < -0.4 is 11.1 Å². The summed E-state index contributed by atoms with van der Waals surface area (Å²) in [5.74, 6) is -0.350. The highest BCUT2D eigenvalue weighted by atomic mass is 16.6. The number of primary amides is 1. The third kappa shape index (κ3) is 2.62. The maximum atomic E-state index is 11.1. The molecule has 0 aromatic heterocycles. The Morgan fingerprint density at radius 3 is 3.00 bits per heavy atom. The van der Waals surface area contributed by atoms with Crippen LogP contribution in [0.1, 0.15) is 12.8 Å². The lowest BCUT2D eigenvalue weighted by Crippen LogP contribution is -2.27. The van der Waals surface area contributed by atoms with Crippen LogP contribution in [0, 0.1) is 17.2 Å². The van der Waals surface area contributed by atoms with Crippen molar-refractivity contribution in [2.45, 2.75) is 18.9 Å². The standard InChI is InChI=1S/C8H11N3O3/c9-4-6(14-8(10)13)3-5-1-2-11-7(5)12/h5-6H,1-3H2,(H2,10,13)(H,11,12)/t5-,6-/m0/s1. The third-order valence-electron chi connectivity index (χ3n) is 2.06. The Balaban J connectivity index is 2.44. The number of nitrogens with two attached hydrogens (primary N) is 1. The van der Waals surface area contributed by atoms with Crippen LogP contribution in [0.3, 0.4) is 0 Å². The van der Waals surface area contributed by atoms with E-state index in [1.54, 1.807) is 6.07 Å². The van der Waals surface area contributed by atoms with Gasteiger partial charge in [0.1, 0.15) is 6.07 Å². The van der Waals surface area contributed by atoms with E-state index in [4.69, 9.17) is 11.0 Å². The van der Waals surface area contributed by atoms with Gasteiger partial charge in [0.2, 0.25) is 5.91 Å². The lowest BCUT2D eigenvalue weighted by molar-refractivity contribution is -0.123. The van der Waals surface area contributed by atoms with E-state index < -0.39 is 12.2 Å². The molecule has 1 heterocycles. The number of hydrogen-bond donors (Lipinski definition) is 2. The Labute approximate surface area is 81.0 Å². The molecule has 0 aliphatic carbocycles. The minimum atomic E-state index is -0.991. The topological polar surface area (TPSA) is 105 Å². The van der Waals surface area contributed by atoms with Crippen molar-refractivity contribution >= 4 is 12.0 Å². The van der Waals surface area contributed by atoms with E-state index in [-0.39, 0.29) is 18.2 Å². The first-order valence-electron chi connectivity index (χ1n) is 4.27. The molecule has 76 valence electrons. The SMILES string of the molecule is N#C[C@H](C[C@@H]1CCNC1=O)OC(N)=O. The summed E-state index contributed by atoms with van der Waals surface area (Å²) in [6, 6.07) is 1.78. The number of nitriles is 1. The molecule has 14 heavy (non-hydrogen) atoms. The van der Waals surface area contributed by atoms with Crippen molar-refractivity contribution in [1.29, 1.82) is 5.26 Å². The van der Waals surface area contributed by atoms with Gasteiger partial charge < -0.3 is 15.8 Å². The number of amides is 2.